The van der Waals surface area contributed by atoms with Gasteiger partial charge < -0.3 is 19.2 Å². The Morgan fingerprint density at radius 3 is 2.97 bits per heavy atom. The summed E-state index contributed by atoms with van der Waals surface area (Å²) in [7, 11) is 0. The molecule has 5 rings (SSSR count). The first-order valence-electron chi connectivity index (χ1n) is 11.2. The summed E-state index contributed by atoms with van der Waals surface area (Å²) in [5.41, 5.74) is 3.65. The van der Waals surface area contributed by atoms with Gasteiger partial charge in [-0.3, -0.25) is 9.48 Å². The van der Waals surface area contributed by atoms with Crippen molar-refractivity contribution < 1.29 is 21.4 Å². The highest BCUT2D eigenvalue weighted by atomic mass is 16.6. The summed E-state index contributed by atoms with van der Waals surface area (Å²) < 4.78 is 35.5. The predicted octanol–water partition coefficient (Wildman–Crippen LogP) is 2.74. The maximum absolute atomic E-state index is 12.8. The van der Waals surface area contributed by atoms with Crippen LogP contribution in [0.5, 0.6) is 0 Å². The number of benzene rings is 1. The highest BCUT2D eigenvalue weighted by Gasteiger charge is 2.30. The van der Waals surface area contributed by atoms with Gasteiger partial charge in [-0.25, -0.2) is 0 Å². The predicted molar refractivity (Wildman–Crippen MR) is 111 cm³/mol. The first kappa shape index (κ1) is 16.8. The van der Waals surface area contributed by atoms with E-state index in [0.29, 0.717) is 61.8 Å². The average molecular weight is 409 g/mol. The molecule has 1 N–H and O–H groups in total. The van der Waals surface area contributed by atoms with Gasteiger partial charge in [0.2, 0.25) is 0 Å². The minimum Gasteiger partial charge on any atom is -0.455 e. The van der Waals surface area contributed by atoms with Gasteiger partial charge in [-0.05, 0) is 24.5 Å². The molecule has 1 aliphatic heterocycles. The number of aromatic nitrogens is 2. The summed E-state index contributed by atoms with van der Waals surface area (Å²) >= 11 is 0. The van der Waals surface area contributed by atoms with E-state index in [0.717, 1.165) is 11.1 Å². The monoisotopic (exact) mass is 409 g/mol. The molecule has 0 radical (unpaired) electrons. The van der Waals surface area contributed by atoms with E-state index in [2.05, 4.69) is 10.4 Å². The number of hydrogen-bond donors (Lipinski definition) is 1. The van der Waals surface area contributed by atoms with Crippen LogP contribution in [0.2, 0.25) is 0 Å². The van der Waals surface area contributed by atoms with Crippen LogP contribution in [0, 0.1) is 6.92 Å². The summed E-state index contributed by atoms with van der Waals surface area (Å²) in [5.74, 6) is 0.676. The lowest BCUT2D eigenvalue weighted by molar-refractivity contribution is -0.0856. The Balaban J connectivity index is 1.42. The summed E-state index contributed by atoms with van der Waals surface area (Å²) in [5, 5.41) is 7.48. The molecule has 156 valence electrons. The van der Waals surface area contributed by atoms with E-state index in [1.54, 1.807) is 18.3 Å². The number of carbonyl (C=O) groups excluding carboxylic acids is 1. The lowest BCUT2D eigenvalue weighted by Crippen LogP contribution is -2.39. The zero-order valence-electron chi connectivity index (χ0n) is 18.8. The minimum absolute atomic E-state index is 0.167. The van der Waals surface area contributed by atoms with Crippen LogP contribution in [0.1, 0.15) is 35.7 Å². The van der Waals surface area contributed by atoms with Crippen molar-refractivity contribution in [3.05, 3.63) is 64.7 Å². The molecule has 0 bridgehead atoms. The van der Waals surface area contributed by atoms with Crippen LogP contribution in [-0.4, -0.2) is 48.2 Å². The van der Waals surface area contributed by atoms with Crippen molar-refractivity contribution >= 4 is 5.91 Å². The molecule has 1 aliphatic carbocycles. The Kier molecular flexibility index (Phi) is 4.54. The van der Waals surface area contributed by atoms with E-state index in [9.17, 15) is 4.79 Å². The van der Waals surface area contributed by atoms with Crippen LogP contribution >= 0.6 is 0 Å². The van der Waals surface area contributed by atoms with Gasteiger partial charge in [-0.1, -0.05) is 30.3 Å². The van der Waals surface area contributed by atoms with Crippen molar-refractivity contribution in [3.63, 3.8) is 0 Å². The van der Waals surface area contributed by atoms with E-state index < -0.39 is 6.50 Å². The van der Waals surface area contributed by atoms with E-state index in [1.165, 1.54) is 4.68 Å². The second kappa shape index (κ2) is 8.08. The molecule has 3 aromatic rings. The minimum atomic E-state index is -1.79. The molecule has 7 heteroatoms. The van der Waals surface area contributed by atoms with Crippen molar-refractivity contribution in [3.8, 4) is 11.3 Å². The fraction of sp³-hybridized carbons (Fsp3) is 0.391. The van der Waals surface area contributed by atoms with Crippen molar-refractivity contribution in [1.82, 2.24) is 15.1 Å². The Hall–Kier alpha value is -2.90. The summed E-state index contributed by atoms with van der Waals surface area (Å²) in [6, 6.07) is 8.97. The molecule has 2 aliphatic rings. The summed E-state index contributed by atoms with van der Waals surface area (Å²) in [6.07, 6.45) is 2.91. The summed E-state index contributed by atoms with van der Waals surface area (Å²) in [6.45, 7) is 1.96. The van der Waals surface area contributed by atoms with Crippen LogP contribution in [0.25, 0.3) is 11.3 Å². The van der Waals surface area contributed by atoms with Crippen molar-refractivity contribution in [2.75, 3.05) is 26.4 Å². The van der Waals surface area contributed by atoms with Gasteiger partial charge in [0, 0.05) is 30.3 Å². The lowest BCUT2D eigenvalue weighted by Gasteiger charge is -2.22. The Morgan fingerprint density at radius 2 is 2.17 bits per heavy atom. The molecular formula is C23H25N3O4. The van der Waals surface area contributed by atoms with Crippen LogP contribution < -0.4 is 5.32 Å². The molecular weight excluding hydrogens is 382 g/mol. The van der Waals surface area contributed by atoms with Crippen LogP contribution in [-0.2, 0) is 28.8 Å². The van der Waals surface area contributed by atoms with E-state index >= 15 is 0 Å². The lowest BCUT2D eigenvalue weighted by atomic mass is 9.93. The van der Waals surface area contributed by atoms with Gasteiger partial charge in [0.15, 0.2) is 5.76 Å². The van der Waals surface area contributed by atoms with Gasteiger partial charge in [0.05, 0.1) is 40.9 Å². The highest BCUT2D eigenvalue weighted by molar-refractivity contribution is 5.95. The number of furan rings is 1. The van der Waals surface area contributed by atoms with E-state index in [1.807, 2.05) is 25.1 Å². The fourth-order valence-electron chi connectivity index (χ4n) is 3.97. The maximum atomic E-state index is 12.8. The number of carbonyl (C=O) groups is 1. The zero-order chi connectivity index (χ0) is 22.3. The number of rotatable bonds is 5. The number of ether oxygens (including phenoxy) is 2. The van der Waals surface area contributed by atoms with Gasteiger partial charge >= 0.3 is 0 Å². The standard InChI is InChI=1S/C23H25N3O4/c1-15-20-19(30-22(15)23(27)24-11-18-14-28-9-10-29-18)8-7-17-13-26(25-21(17)20)12-16-5-3-2-4-6-16/h2-6,13,18H,7-12,14H2,1H3,(H,24,27)/t18-/m1/s1/i12D2. The quantitative estimate of drug-likeness (QED) is 0.701. The van der Waals surface area contributed by atoms with E-state index in [4.69, 9.17) is 16.6 Å². The SMILES string of the molecule is [2H]C([2H])(c1ccccc1)n1cc2c(n1)-c1c(oc(C(=O)NC[C@@H]3COCCO3)c1C)CC2. The largest absolute Gasteiger partial charge is 0.455 e. The van der Waals surface area contributed by atoms with Crippen LogP contribution in [0.3, 0.4) is 0 Å². The number of amides is 1. The normalized spacial score (nSPS) is 19.4. The molecule has 30 heavy (non-hydrogen) atoms. The molecule has 1 aromatic carbocycles. The molecule has 7 nitrogen and oxygen atoms in total. The fourth-order valence-corrected chi connectivity index (χ4v) is 3.97. The smallest absolute Gasteiger partial charge is 0.287 e. The number of hydrogen-bond acceptors (Lipinski definition) is 5. The average Bonchev–Trinajstić information content (AvgIpc) is 3.40. The molecule has 0 spiro atoms. The van der Waals surface area contributed by atoms with Gasteiger partial charge in [-0.15, -0.1) is 0 Å². The van der Waals surface area contributed by atoms with Gasteiger partial charge in [-0.2, -0.15) is 5.10 Å². The third kappa shape index (κ3) is 3.66. The number of aryl methyl sites for hydroxylation is 2. The van der Waals surface area contributed by atoms with Crippen molar-refractivity contribution in [2.45, 2.75) is 32.4 Å². The Labute approximate surface area is 177 Å². The molecule has 1 saturated heterocycles. The first-order valence-corrected chi connectivity index (χ1v) is 10.2. The molecule has 0 unspecified atom stereocenters. The van der Waals surface area contributed by atoms with Gasteiger partial charge in [0.1, 0.15) is 5.76 Å². The van der Waals surface area contributed by atoms with Crippen molar-refractivity contribution in [1.29, 1.82) is 0 Å². The molecule has 3 heterocycles. The third-order valence-electron chi connectivity index (χ3n) is 5.47. The topological polar surface area (TPSA) is 78.5 Å². The Morgan fingerprint density at radius 1 is 1.30 bits per heavy atom. The Bertz CT molecular complexity index is 1130. The molecule has 1 atom stereocenters. The third-order valence-corrected chi connectivity index (χ3v) is 5.47. The second-order valence-electron chi connectivity index (χ2n) is 7.56. The first-order chi connectivity index (χ1) is 15.4. The maximum Gasteiger partial charge on any atom is 0.287 e. The number of nitrogens with one attached hydrogen (secondary N) is 1. The molecule has 1 amide bonds. The molecule has 0 saturated carbocycles. The number of fused-ring (bicyclic) bond motifs is 3. The van der Waals surface area contributed by atoms with Crippen LogP contribution in [0.4, 0.5) is 0 Å². The molecule has 2 aromatic heterocycles. The van der Waals surface area contributed by atoms with Gasteiger partial charge in [0.25, 0.3) is 5.91 Å². The summed E-state index contributed by atoms with van der Waals surface area (Å²) in [4.78, 5) is 12.8. The van der Waals surface area contributed by atoms with E-state index in [-0.39, 0.29) is 17.8 Å². The second-order valence-corrected chi connectivity index (χ2v) is 7.56. The zero-order valence-corrected chi connectivity index (χ0v) is 16.8. The van der Waals surface area contributed by atoms with Crippen LogP contribution in [0.15, 0.2) is 40.9 Å². The van der Waals surface area contributed by atoms with Crippen molar-refractivity contribution in [2.24, 2.45) is 0 Å². The highest BCUT2D eigenvalue weighted by Crippen LogP contribution is 2.38. The number of nitrogens with zero attached hydrogens (tertiary/aromatic N) is 2. The molecule has 1 fully saturated rings.